The van der Waals surface area contributed by atoms with Crippen LogP contribution < -0.4 is 4.74 Å². The maximum atomic E-state index is 13.1. The molecular weight excluding hydrogens is 367 g/mol. The van der Waals surface area contributed by atoms with Crippen LogP contribution in [0.5, 0.6) is 5.75 Å². The quantitative estimate of drug-likeness (QED) is 0.721. The van der Waals surface area contributed by atoms with Crippen LogP contribution in [0, 0.1) is 5.82 Å². The molecule has 1 saturated heterocycles. The first kappa shape index (κ1) is 19.4. The fourth-order valence-corrected chi connectivity index (χ4v) is 3.40. The molecule has 0 aromatic heterocycles. The molecule has 0 N–H and O–H groups in total. The molecule has 142 valence electrons. The second kappa shape index (κ2) is 8.57. The maximum Gasteiger partial charge on any atom is 0.147 e. The first-order valence-electron chi connectivity index (χ1n) is 8.86. The average Bonchev–Trinajstić information content (AvgIpc) is 2.66. The van der Waals surface area contributed by atoms with Gasteiger partial charge in [-0.25, -0.2) is 9.18 Å². The number of carbonyl (C=O) groups excluding carboxylic acids is 1. The second-order valence-electron chi connectivity index (χ2n) is 6.77. The van der Waals surface area contributed by atoms with Gasteiger partial charge in [0.2, 0.25) is 0 Å². The number of nitrogens with zero attached hydrogens (tertiary/aromatic N) is 2. The molecule has 0 radical (unpaired) electrons. The fourth-order valence-electron chi connectivity index (χ4n) is 3.27. The Kier molecular flexibility index (Phi) is 6.17. The van der Waals surface area contributed by atoms with Crippen LogP contribution in [0.15, 0.2) is 54.2 Å². The van der Waals surface area contributed by atoms with Gasteiger partial charge in [-0.3, -0.25) is 4.90 Å². The molecule has 0 spiro atoms. The zero-order chi connectivity index (χ0) is 19.4. The fraction of sp³-hybridized carbons (Fsp3) is 0.333. The standard InChI is InChI=1S/C21H22ClFN2O2/c1-15-11-24(14-27-20-9-5-18(22)6-10-20)16(2)21(13-26)25(15)12-17-3-7-19(23)8-4-17/h3-10,15-16H,11-12,14H2,1-2H3/t15-,16-/m1/s1. The topological polar surface area (TPSA) is 32.8 Å². The third-order valence-electron chi connectivity index (χ3n) is 4.87. The highest BCUT2D eigenvalue weighted by atomic mass is 35.5. The van der Waals surface area contributed by atoms with Crippen molar-refractivity contribution in [2.24, 2.45) is 0 Å². The molecule has 27 heavy (non-hydrogen) atoms. The van der Waals surface area contributed by atoms with Crippen molar-refractivity contribution in [2.45, 2.75) is 32.5 Å². The van der Waals surface area contributed by atoms with E-state index in [9.17, 15) is 9.18 Å². The van der Waals surface area contributed by atoms with Crippen molar-refractivity contribution < 1.29 is 13.9 Å². The number of halogens is 2. The van der Waals surface area contributed by atoms with Crippen LogP contribution in [0.4, 0.5) is 4.39 Å². The molecule has 4 nitrogen and oxygen atoms in total. The van der Waals surface area contributed by atoms with Gasteiger partial charge < -0.3 is 9.64 Å². The van der Waals surface area contributed by atoms with Crippen molar-refractivity contribution >= 4 is 17.5 Å². The van der Waals surface area contributed by atoms with Crippen molar-refractivity contribution in [1.29, 1.82) is 0 Å². The van der Waals surface area contributed by atoms with Crippen LogP contribution in [0.25, 0.3) is 0 Å². The van der Waals surface area contributed by atoms with E-state index < -0.39 is 0 Å². The van der Waals surface area contributed by atoms with E-state index >= 15 is 0 Å². The van der Waals surface area contributed by atoms with Gasteiger partial charge in [-0.15, -0.1) is 0 Å². The first-order valence-corrected chi connectivity index (χ1v) is 9.24. The van der Waals surface area contributed by atoms with E-state index in [1.54, 1.807) is 24.3 Å². The highest BCUT2D eigenvalue weighted by molar-refractivity contribution is 6.30. The molecule has 1 heterocycles. The number of hydrogen-bond acceptors (Lipinski definition) is 4. The van der Waals surface area contributed by atoms with Crippen LogP contribution in [-0.4, -0.2) is 41.1 Å². The zero-order valence-corrected chi connectivity index (χ0v) is 16.1. The van der Waals surface area contributed by atoms with E-state index in [2.05, 4.69) is 17.8 Å². The van der Waals surface area contributed by atoms with Gasteiger partial charge in [0.25, 0.3) is 0 Å². The normalized spacial score (nSPS) is 20.4. The Morgan fingerprint density at radius 1 is 1.15 bits per heavy atom. The zero-order valence-electron chi connectivity index (χ0n) is 15.4. The third-order valence-corrected chi connectivity index (χ3v) is 5.12. The summed E-state index contributed by atoms with van der Waals surface area (Å²) in [6.45, 7) is 5.67. The summed E-state index contributed by atoms with van der Waals surface area (Å²) in [4.78, 5) is 15.8. The summed E-state index contributed by atoms with van der Waals surface area (Å²) in [7, 11) is 0. The van der Waals surface area contributed by atoms with Gasteiger partial charge in [0.1, 0.15) is 29.9 Å². The minimum Gasteiger partial charge on any atom is -0.478 e. The van der Waals surface area contributed by atoms with Gasteiger partial charge in [0.15, 0.2) is 0 Å². The molecule has 1 aliphatic heterocycles. The largest absolute Gasteiger partial charge is 0.478 e. The predicted octanol–water partition coefficient (Wildman–Crippen LogP) is 4.13. The van der Waals surface area contributed by atoms with Crippen LogP contribution in [0.2, 0.25) is 5.02 Å². The minimum absolute atomic E-state index is 0.0940. The number of rotatable bonds is 5. The molecule has 0 unspecified atom stereocenters. The Bertz CT molecular complexity index is 819. The predicted molar refractivity (Wildman–Crippen MR) is 104 cm³/mol. The lowest BCUT2D eigenvalue weighted by atomic mass is 10.0. The molecule has 0 bridgehead atoms. The number of ether oxygens (including phenoxy) is 1. The molecule has 0 aliphatic carbocycles. The van der Waals surface area contributed by atoms with Gasteiger partial charge in [-0.2, -0.15) is 0 Å². The SMILES string of the molecule is C[C@@H]1C(=C=O)N(Cc2ccc(F)cc2)[C@H](C)CN1COc1ccc(Cl)cc1. The van der Waals surface area contributed by atoms with Crippen LogP contribution in [0.1, 0.15) is 19.4 Å². The molecule has 2 atom stereocenters. The van der Waals surface area contributed by atoms with Crippen molar-refractivity contribution in [3.05, 3.63) is 70.6 Å². The molecule has 0 saturated carbocycles. The molecule has 1 fully saturated rings. The maximum absolute atomic E-state index is 13.1. The Labute approximate surface area is 163 Å². The summed E-state index contributed by atoms with van der Waals surface area (Å²) in [5.74, 6) is 2.56. The summed E-state index contributed by atoms with van der Waals surface area (Å²) in [5, 5.41) is 0.657. The van der Waals surface area contributed by atoms with Gasteiger partial charge in [-0.1, -0.05) is 23.7 Å². The lowest BCUT2D eigenvalue weighted by Gasteiger charge is -2.45. The van der Waals surface area contributed by atoms with Crippen LogP contribution in [0.3, 0.4) is 0 Å². The van der Waals surface area contributed by atoms with E-state index in [4.69, 9.17) is 16.3 Å². The van der Waals surface area contributed by atoms with Crippen LogP contribution >= 0.6 is 11.6 Å². The minimum atomic E-state index is -0.268. The van der Waals surface area contributed by atoms with E-state index in [0.717, 1.165) is 17.9 Å². The smallest absolute Gasteiger partial charge is 0.147 e. The van der Waals surface area contributed by atoms with Gasteiger partial charge >= 0.3 is 0 Å². The number of piperazine rings is 1. The lowest BCUT2D eigenvalue weighted by molar-refractivity contribution is 0.0286. The first-order chi connectivity index (χ1) is 13.0. The molecule has 3 rings (SSSR count). The van der Waals surface area contributed by atoms with Crippen LogP contribution in [-0.2, 0) is 11.3 Å². The van der Waals surface area contributed by atoms with Gasteiger partial charge in [0.05, 0.1) is 6.04 Å². The van der Waals surface area contributed by atoms with Crippen molar-refractivity contribution in [2.75, 3.05) is 13.3 Å². The molecular formula is C21H22ClFN2O2. The summed E-state index contributed by atoms with van der Waals surface area (Å²) >= 11 is 5.89. The van der Waals surface area contributed by atoms with E-state index in [1.807, 2.05) is 24.0 Å². The van der Waals surface area contributed by atoms with Crippen molar-refractivity contribution in [1.82, 2.24) is 9.80 Å². The highest BCUT2D eigenvalue weighted by Gasteiger charge is 2.34. The molecule has 2 aromatic rings. The Hall–Kier alpha value is -2.33. The molecule has 1 aliphatic rings. The van der Waals surface area contributed by atoms with E-state index in [0.29, 0.717) is 24.0 Å². The molecule has 6 heteroatoms. The summed E-state index contributed by atoms with van der Waals surface area (Å²) < 4.78 is 19.0. The van der Waals surface area contributed by atoms with E-state index in [1.165, 1.54) is 12.1 Å². The third kappa shape index (κ3) is 4.69. The Morgan fingerprint density at radius 2 is 1.81 bits per heavy atom. The van der Waals surface area contributed by atoms with Crippen molar-refractivity contribution in [3.8, 4) is 5.75 Å². The van der Waals surface area contributed by atoms with Gasteiger partial charge in [-0.05, 0) is 55.8 Å². The molecule has 2 aromatic carbocycles. The Balaban J connectivity index is 1.68. The number of benzene rings is 2. The average molecular weight is 389 g/mol. The number of hydrogen-bond donors (Lipinski definition) is 0. The highest BCUT2D eigenvalue weighted by Crippen LogP contribution is 2.26. The van der Waals surface area contributed by atoms with E-state index in [-0.39, 0.29) is 17.9 Å². The van der Waals surface area contributed by atoms with Crippen molar-refractivity contribution in [3.63, 3.8) is 0 Å². The molecule has 0 amide bonds. The summed E-state index contributed by atoms with van der Waals surface area (Å²) in [5.41, 5.74) is 1.53. The lowest BCUT2D eigenvalue weighted by Crippen LogP contribution is -2.55. The summed E-state index contributed by atoms with van der Waals surface area (Å²) in [6, 6.07) is 13.5. The Morgan fingerprint density at radius 3 is 2.44 bits per heavy atom. The second-order valence-corrected chi connectivity index (χ2v) is 7.20. The summed E-state index contributed by atoms with van der Waals surface area (Å²) in [6.07, 6.45) is 0. The van der Waals surface area contributed by atoms with Gasteiger partial charge in [0, 0.05) is 24.2 Å². The monoisotopic (exact) mass is 388 g/mol.